The number of nitrogens with one attached hydrogen (secondary N) is 1. The summed E-state index contributed by atoms with van der Waals surface area (Å²) >= 11 is 0. The van der Waals surface area contributed by atoms with Gasteiger partial charge in [0.05, 0.1) is 34.1 Å². The number of fused-ring (bicyclic) bond motifs is 1. The van der Waals surface area contributed by atoms with Crippen LogP contribution in [-0.4, -0.2) is 43.2 Å². The highest BCUT2D eigenvalue weighted by atomic mass is 16.5. The quantitative estimate of drug-likeness (QED) is 0.687. The maximum atomic E-state index is 5.58. The van der Waals surface area contributed by atoms with E-state index in [0.29, 0.717) is 23.2 Å². The van der Waals surface area contributed by atoms with Gasteiger partial charge in [0.2, 0.25) is 5.95 Å². The van der Waals surface area contributed by atoms with Crippen molar-refractivity contribution in [3.8, 4) is 23.0 Å². The lowest BCUT2D eigenvalue weighted by Crippen LogP contribution is -2.20. The Morgan fingerprint density at radius 2 is 1.66 bits per heavy atom. The SMILES string of the molecule is COc1ccc(C2=CC(c3ccc(OC)c(OC)c3)n3ncnc3N2)c(OC)c1. The van der Waals surface area contributed by atoms with E-state index in [0.717, 1.165) is 22.6 Å². The van der Waals surface area contributed by atoms with E-state index in [1.807, 2.05) is 41.1 Å². The number of allylic oxidation sites excluding steroid dienone is 1. The first-order chi connectivity index (χ1) is 14.2. The summed E-state index contributed by atoms with van der Waals surface area (Å²) in [5.41, 5.74) is 2.75. The van der Waals surface area contributed by atoms with Crippen LogP contribution in [0.1, 0.15) is 17.2 Å². The number of methoxy groups -OCH3 is 4. The Kier molecular flexibility index (Phi) is 4.99. The fourth-order valence-corrected chi connectivity index (χ4v) is 3.39. The molecule has 0 fully saturated rings. The standard InChI is InChI=1S/C21H22N4O4/c1-26-14-6-7-15(19(10-14)28-3)16-11-17(25-21(24-16)22-12-23-25)13-5-8-18(27-2)20(9-13)29-4/h5-12,17H,1-4H3,(H,22,23,24). The lowest BCUT2D eigenvalue weighted by Gasteiger charge is -2.25. The van der Waals surface area contributed by atoms with Gasteiger partial charge in [-0.2, -0.15) is 10.1 Å². The number of anilines is 1. The molecule has 29 heavy (non-hydrogen) atoms. The second kappa shape index (κ2) is 7.75. The van der Waals surface area contributed by atoms with Crippen molar-refractivity contribution in [3.05, 3.63) is 59.9 Å². The average molecular weight is 394 g/mol. The summed E-state index contributed by atoms with van der Waals surface area (Å²) in [5, 5.41) is 7.72. The first-order valence-corrected chi connectivity index (χ1v) is 9.01. The second-order valence-corrected chi connectivity index (χ2v) is 6.36. The highest BCUT2D eigenvalue weighted by Crippen LogP contribution is 2.38. The molecule has 0 radical (unpaired) electrons. The third kappa shape index (κ3) is 3.33. The Morgan fingerprint density at radius 3 is 2.38 bits per heavy atom. The van der Waals surface area contributed by atoms with E-state index in [1.54, 1.807) is 28.4 Å². The third-order valence-corrected chi connectivity index (χ3v) is 4.86. The highest BCUT2D eigenvalue weighted by molar-refractivity contribution is 5.80. The maximum absolute atomic E-state index is 5.58. The zero-order valence-electron chi connectivity index (χ0n) is 16.7. The topological polar surface area (TPSA) is 79.7 Å². The van der Waals surface area contributed by atoms with E-state index in [1.165, 1.54) is 6.33 Å². The number of ether oxygens (including phenoxy) is 4. The fraction of sp³-hybridized carbons (Fsp3) is 0.238. The molecular formula is C21H22N4O4. The van der Waals surface area contributed by atoms with E-state index in [9.17, 15) is 0 Å². The van der Waals surface area contributed by atoms with Crippen molar-refractivity contribution in [2.24, 2.45) is 0 Å². The van der Waals surface area contributed by atoms with Gasteiger partial charge in [-0.05, 0) is 35.9 Å². The van der Waals surface area contributed by atoms with Crippen LogP contribution in [0.3, 0.4) is 0 Å². The number of aromatic nitrogens is 3. The van der Waals surface area contributed by atoms with E-state index >= 15 is 0 Å². The zero-order valence-corrected chi connectivity index (χ0v) is 16.7. The molecule has 0 amide bonds. The molecule has 0 aliphatic carbocycles. The molecule has 0 saturated carbocycles. The molecule has 4 rings (SSSR count). The van der Waals surface area contributed by atoms with Crippen molar-refractivity contribution < 1.29 is 18.9 Å². The van der Waals surface area contributed by atoms with Gasteiger partial charge < -0.3 is 24.3 Å². The number of hydrogen-bond donors (Lipinski definition) is 1. The molecule has 0 bridgehead atoms. The molecule has 2 aromatic carbocycles. The molecule has 8 nitrogen and oxygen atoms in total. The molecule has 150 valence electrons. The van der Waals surface area contributed by atoms with Crippen molar-refractivity contribution in [2.45, 2.75) is 6.04 Å². The first kappa shape index (κ1) is 18.7. The van der Waals surface area contributed by atoms with Gasteiger partial charge in [-0.15, -0.1) is 0 Å². The van der Waals surface area contributed by atoms with Crippen molar-refractivity contribution in [1.82, 2.24) is 14.8 Å². The predicted molar refractivity (Wildman–Crippen MR) is 109 cm³/mol. The summed E-state index contributed by atoms with van der Waals surface area (Å²) < 4.78 is 23.5. The molecular weight excluding hydrogens is 372 g/mol. The fourth-order valence-electron chi connectivity index (χ4n) is 3.39. The lowest BCUT2D eigenvalue weighted by molar-refractivity contribution is 0.354. The van der Waals surface area contributed by atoms with Crippen LogP contribution in [0.25, 0.3) is 5.70 Å². The molecule has 2 heterocycles. The van der Waals surface area contributed by atoms with E-state index < -0.39 is 0 Å². The maximum Gasteiger partial charge on any atom is 0.226 e. The lowest BCUT2D eigenvalue weighted by atomic mass is 10.0. The summed E-state index contributed by atoms with van der Waals surface area (Å²) in [6.45, 7) is 0. The largest absolute Gasteiger partial charge is 0.497 e. The van der Waals surface area contributed by atoms with Gasteiger partial charge in [-0.1, -0.05) is 6.07 Å². The van der Waals surface area contributed by atoms with E-state index in [-0.39, 0.29) is 6.04 Å². The Labute approximate surface area is 168 Å². The van der Waals surface area contributed by atoms with Crippen molar-refractivity contribution in [1.29, 1.82) is 0 Å². The minimum Gasteiger partial charge on any atom is -0.497 e. The van der Waals surface area contributed by atoms with Crippen molar-refractivity contribution in [3.63, 3.8) is 0 Å². The number of hydrogen-bond acceptors (Lipinski definition) is 7. The van der Waals surface area contributed by atoms with Gasteiger partial charge in [-0.25, -0.2) is 4.68 Å². The molecule has 0 spiro atoms. The van der Waals surface area contributed by atoms with Crippen LogP contribution < -0.4 is 24.3 Å². The van der Waals surface area contributed by atoms with Gasteiger partial charge >= 0.3 is 0 Å². The molecule has 1 aliphatic rings. The zero-order chi connectivity index (χ0) is 20.4. The smallest absolute Gasteiger partial charge is 0.226 e. The Hall–Kier alpha value is -3.68. The van der Waals surface area contributed by atoms with Crippen molar-refractivity contribution >= 4 is 11.6 Å². The Balaban J connectivity index is 1.81. The van der Waals surface area contributed by atoms with E-state index in [2.05, 4.69) is 21.5 Å². The average Bonchev–Trinajstić information content (AvgIpc) is 3.26. The van der Waals surface area contributed by atoms with Crippen molar-refractivity contribution in [2.75, 3.05) is 33.8 Å². The monoisotopic (exact) mass is 394 g/mol. The molecule has 8 heteroatoms. The normalized spacial score (nSPS) is 15.0. The number of rotatable bonds is 6. The Morgan fingerprint density at radius 1 is 0.862 bits per heavy atom. The van der Waals surface area contributed by atoms with Crippen LogP contribution in [0, 0.1) is 0 Å². The van der Waals surface area contributed by atoms with Crippen LogP contribution in [0.15, 0.2) is 48.8 Å². The van der Waals surface area contributed by atoms with Crippen LogP contribution in [-0.2, 0) is 0 Å². The molecule has 3 aromatic rings. The highest BCUT2D eigenvalue weighted by Gasteiger charge is 2.25. The predicted octanol–water partition coefficient (Wildman–Crippen LogP) is 3.37. The van der Waals surface area contributed by atoms with Gasteiger partial charge in [-0.3, -0.25) is 0 Å². The first-order valence-electron chi connectivity index (χ1n) is 9.01. The molecule has 1 unspecified atom stereocenters. The van der Waals surface area contributed by atoms with E-state index in [4.69, 9.17) is 18.9 Å². The van der Waals surface area contributed by atoms with Gasteiger partial charge in [0.25, 0.3) is 0 Å². The van der Waals surface area contributed by atoms with Crippen LogP contribution >= 0.6 is 0 Å². The van der Waals surface area contributed by atoms with Crippen LogP contribution in [0.4, 0.5) is 5.95 Å². The summed E-state index contributed by atoms with van der Waals surface area (Å²) in [4.78, 5) is 4.35. The minimum absolute atomic E-state index is 0.185. The second-order valence-electron chi connectivity index (χ2n) is 6.36. The number of benzene rings is 2. The third-order valence-electron chi connectivity index (χ3n) is 4.86. The molecule has 1 atom stereocenters. The minimum atomic E-state index is -0.185. The summed E-state index contributed by atoms with van der Waals surface area (Å²) in [6, 6.07) is 11.3. The Bertz CT molecular complexity index is 1060. The summed E-state index contributed by atoms with van der Waals surface area (Å²) in [7, 11) is 6.50. The molecule has 1 aliphatic heterocycles. The van der Waals surface area contributed by atoms with Gasteiger partial charge in [0, 0.05) is 11.6 Å². The van der Waals surface area contributed by atoms with Gasteiger partial charge in [0.1, 0.15) is 23.9 Å². The summed E-state index contributed by atoms with van der Waals surface area (Å²) in [5.74, 6) is 3.39. The number of nitrogens with zero attached hydrogens (tertiary/aromatic N) is 3. The molecule has 1 aromatic heterocycles. The van der Waals surface area contributed by atoms with Gasteiger partial charge in [0.15, 0.2) is 11.5 Å². The molecule has 1 N–H and O–H groups in total. The van der Waals surface area contributed by atoms with Crippen LogP contribution in [0.5, 0.6) is 23.0 Å². The molecule has 0 saturated heterocycles. The summed E-state index contributed by atoms with van der Waals surface area (Å²) in [6.07, 6.45) is 3.60. The van der Waals surface area contributed by atoms with Crippen LogP contribution in [0.2, 0.25) is 0 Å².